The van der Waals surface area contributed by atoms with Crippen molar-refractivity contribution in [2.75, 3.05) is 10.6 Å². The third-order valence-corrected chi connectivity index (χ3v) is 7.66. The standard InChI is InChI=1S/C14H5Cl6NO3.C12H11NO2/c15-4-2-1-3-5(8(4)16)21-13(22)6-7(14(23)24)10(18)12(20)11(19)9(6)17;1-9-11(7-8-15-9)12(14)13-10-5-3-2-4-6-10/h1-3H,(H,21,22)(H,23,24);2-8H,1H3,(H,13,14). The summed E-state index contributed by atoms with van der Waals surface area (Å²) >= 11 is 35.5. The summed E-state index contributed by atoms with van der Waals surface area (Å²) in [6.45, 7) is 1.76. The van der Waals surface area contributed by atoms with Gasteiger partial charge in [-0.3, -0.25) is 9.59 Å². The maximum absolute atomic E-state index is 12.5. The molecular weight excluding hydrogens is 633 g/mol. The average molecular weight is 649 g/mol. The van der Waals surface area contributed by atoms with Gasteiger partial charge in [-0.1, -0.05) is 93.9 Å². The van der Waals surface area contributed by atoms with Gasteiger partial charge in [-0.05, 0) is 37.3 Å². The van der Waals surface area contributed by atoms with Crippen LogP contribution >= 0.6 is 69.6 Å². The Morgan fingerprint density at radius 1 is 0.692 bits per heavy atom. The molecule has 0 atom stereocenters. The maximum atomic E-state index is 12.5. The number of carboxylic acid groups (broad SMARTS) is 1. The van der Waals surface area contributed by atoms with Crippen molar-refractivity contribution in [1.82, 2.24) is 0 Å². The van der Waals surface area contributed by atoms with E-state index in [9.17, 15) is 19.5 Å². The number of aryl methyl sites for hydroxylation is 1. The minimum atomic E-state index is -1.50. The first-order chi connectivity index (χ1) is 18.4. The van der Waals surface area contributed by atoms with E-state index in [0.29, 0.717) is 11.3 Å². The van der Waals surface area contributed by atoms with Gasteiger partial charge in [-0.2, -0.15) is 0 Å². The van der Waals surface area contributed by atoms with Crippen LogP contribution in [-0.2, 0) is 0 Å². The number of carbonyl (C=O) groups is 3. The molecule has 1 heterocycles. The SMILES string of the molecule is Cc1occc1C(=O)Nc1ccccc1.O=C(O)c1c(Cl)c(Cl)c(Cl)c(Cl)c1C(=O)Nc1cccc(Cl)c1Cl. The van der Waals surface area contributed by atoms with Crippen LogP contribution in [0.1, 0.15) is 36.8 Å². The van der Waals surface area contributed by atoms with Crippen molar-refractivity contribution in [2.24, 2.45) is 0 Å². The fourth-order valence-corrected chi connectivity index (χ4v) is 4.54. The number of amides is 2. The van der Waals surface area contributed by atoms with Gasteiger partial charge >= 0.3 is 5.97 Å². The molecule has 7 nitrogen and oxygen atoms in total. The molecule has 0 fully saturated rings. The Morgan fingerprint density at radius 2 is 1.31 bits per heavy atom. The Morgan fingerprint density at radius 3 is 1.87 bits per heavy atom. The fourth-order valence-electron chi connectivity index (χ4n) is 3.17. The zero-order valence-corrected chi connectivity index (χ0v) is 24.2. The molecular formula is C26H16Cl6N2O5. The molecule has 0 radical (unpaired) electrons. The van der Waals surface area contributed by atoms with Crippen LogP contribution in [-0.4, -0.2) is 22.9 Å². The largest absolute Gasteiger partial charge is 0.478 e. The molecule has 4 rings (SSSR count). The molecule has 0 aliphatic carbocycles. The molecule has 0 aliphatic heterocycles. The van der Waals surface area contributed by atoms with E-state index in [1.54, 1.807) is 19.1 Å². The van der Waals surface area contributed by atoms with E-state index in [0.717, 1.165) is 5.69 Å². The van der Waals surface area contributed by atoms with E-state index < -0.39 is 28.0 Å². The lowest BCUT2D eigenvalue weighted by Crippen LogP contribution is -2.18. The molecule has 0 bridgehead atoms. The van der Waals surface area contributed by atoms with E-state index in [1.165, 1.54) is 18.4 Å². The summed E-state index contributed by atoms with van der Waals surface area (Å²) in [6.07, 6.45) is 1.51. The van der Waals surface area contributed by atoms with E-state index in [2.05, 4.69) is 10.6 Å². The molecule has 1 aromatic heterocycles. The molecule has 0 saturated heterocycles. The molecule has 202 valence electrons. The van der Waals surface area contributed by atoms with Crippen LogP contribution in [0, 0.1) is 6.92 Å². The quantitative estimate of drug-likeness (QED) is 0.148. The van der Waals surface area contributed by atoms with E-state index >= 15 is 0 Å². The second-order valence-corrected chi connectivity index (χ2v) is 9.87. The third kappa shape index (κ3) is 7.19. The number of carboxylic acids is 1. The summed E-state index contributed by atoms with van der Waals surface area (Å²) in [7, 11) is 0. The van der Waals surface area contributed by atoms with Gasteiger partial charge in [-0.15, -0.1) is 0 Å². The highest BCUT2D eigenvalue weighted by molar-refractivity contribution is 6.54. The van der Waals surface area contributed by atoms with Crippen LogP contribution in [0.3, 0.4) is 0 Å². The van der Waals surface area contributed by atoms with Crippen molar-refractivity contribution in [3.8, 4) is 0 Å². The number of anilines is 2. The smallest absolute Gasteiger partial charge is 0.338 e. The van der Waals surface area contributed by atoms with Crippen molar-refractivity contribution in [2.45, 2.75) is 6.92 Å². The minimum Gasteiger partial charge on any atom is -0.478 e. The van der Waals surface area contributed by atoms with Gasteiger partial charge in [0.05, 0.1) is 58.8 Å². The molecule has 0 unspecified atom stereocenters. The highest BCUT2D eigenvalue weighted by Crippen LogP contribution is 2.42. The first-order valence-electron chi connectivity index (χ1n) is 10.7. The summed E-state index contributed by atoms with van der Waals surface area (Å²) < 4.78 is 5.06. The monoisotopic (exact) mass is 646 g/mol. The molecule has 13 heteroatoms. The fraction of sp³-hybridized carbons (Fsp3) is 0.0385. The van der Waals surface area contributed by atoms with Gasteiger partial charge in [-0.25, -0.2) is 4.79 Å². The van der Waals surface area contributed by atoms with Gasteiger partial charge in [0, 0.05) is 5.69 Å². The van der Waals surface area contributed by atoms with Gasteiger partial charge in [0.15, 0.2) is 0 Å². The van der Waals surface area contributed by atoms with Crippen molar-refractivity contribution >= 4 is 98.8 Å². The topological polar surface area (TPSA) is 109 Å². The number of benzene rings is 3. The highest BCUT2D eigenvalue weighted by Gasteiger charge is 2.29. The number of nitrogens with one attached hydrogen (secondary N) is 2. The van der Waals surface area contributed by atoms with Crippen LogP contribution < -0.4 is 10.6 Å². The molecule has 4 aromatic rings. The lowest BCUT2D eigenvalue weighted by molar-refractivity contribution is 0.0692. The summed E-state index contributed by atoms with van der Waals surface area (Å²) in [5, 5.41) is 13.5. The Labute approximate surface area is 252 Å². The Hall–Kier alpha value is -2.91. The second-order valence-electron chi connectivity index (χ2n) is 7.58. The Balaban J connectivity index is 0.000000239. The number of aromatic carboxylic acids is 1. The second kappa shape index (κ2) is 13.4. The zero-order valence-electron chi connectivity index (χ0n) is 19.6. The number of carbonyl (C=O) groups excluding carboxylic acids is 2. The maximum Gasteiger partial charge on any atom is 0.338 e. The van der Waals surface area contributed by atoms with Crippen molar-refractivity contribution in [1.29, 1.82) is 0 Å². The Bertz CT molecular complexity index is 1560. The van der Waals surface area contributed by atoms with Crippen LogP contribution in [0.2, 0.25) is 30.1 Å². The van der Waals surface area contributed by atoms with Gasteiger partial charge in [0.2, 0.25) is 0 Å². The van der Waals surface area contributed by atoms with E-state index in [1.807, 2.05) is 30.3 Å². The molecule has 2 amide bonds. The number of hydrogen-bond acceptors (Lipinski definition) is 4. The Kier molecular flexibility index (Phi) is 10.6. The highest BCUT2D eigenvalue weighted by atomic mass is 35.5. The molecule has 0 aliphatic rings. The lowest BCUT2D eigenvalue weighted by Gasteiger charge is -2.14. The summed E-state index contributed by atoms with van der Waals surface area (Å²) in [5.41, 5.74) is 0.483. The van der Waals surface area contributed by atoms with Crippen molar-refractivity contribution < 1.29 is 23.9 Å². The number of halogens is 6. The van der Waals surface area contributed by atoms with Crippen LogP contribution in [0.15, 0.2) is 65.3 Å². The first-order valence-corrected chi connectivity index (χ1v) is 13.0. The van der Waals surface area contributed by atoms with E-state index in [-0.39, 0.29) is 36.7 Å². The van der Waals surface area contributed by atoms with Gasteiger partial charge < -0.3 is 20.2 Å². The molecule has 39 heavy (non-hydrogen) atoms. The first kappa shape index (κ1) is 30.6. The number of rotatable bonds is 5. The zero-order chi connectivity index (χ0) is 28.9. The van der Waals surface area contributed by atoms with E-state index in [4.69, 9.17) is 74.0 Å². The lowest BCUT2D eigenvalue weighted by atomic mass is 10.1. The normalized spacial score (nSPS) is 10.3. The minimum absolute atomic E-state index is 0.0756. The molecule has 0 spiro atoms. The summed E-state index contributed by atoms with van der Waals surface area (Å²) in [6, 6.07) is 15.5. The molecule has 0 saturated carbocycles. The number of para-hydroxylation sites is 1. The van der Waals surface area contributed by atoms with Crippen LogP contribution in [0.4, 0.5) is 11.4 Å². The summed E-state index contributed by atoms with van der Waals surface area (Å²) in [4.78, 5) is 35.7. The molecule has 3 N–H and O–H groups in total. The van der Waals surface area contributed by atoms with Crippen LogP contribution in [0.5, 0.6) is 0 Å². The molecule has 3 aromatic carbocycles. The van der Waals surface area contributed by atoms with Crippen molar-refractivity contribution in [3.05, 3.63) is 113 Å². The van der Waals surface area contributed by atoms with Crippen LogP contribution in [0.25, 0.3) is 0 Å². The van der Waals surface area contributed by atoms with Gasteiger partial charge in [0.1, 0.15) is 5.76 Å². The number of hydrogen-bond donors (Lipinski definition) is 3. The van der Waals surface area contributed by atoms with Crippen molar-refractivity contribution in [3.63, 3.8) is 0 Å². The average Bonchev–Trinajstić information content (AvgIpc) is 3.34. The predicted molar refractivity (Wildman–Crippen MR) is 156 cm³/mol. The summed E-state index contributed by atoms with van der Waals surface area (Å²) in [5.74, 6) is -1.90. The van der Waals surface area contributed by atoms with Gasteiger partial charge in [0.25, 0.3) is 11.8 Å². The number of furan rings is 1. The third-order valence-electron chi connectivity index (χ3n) is 5.04. The predicted octanol–water partition coefficient (Wildman–Crippen LogP) is 9.40.